The minimum Gasteiger partial charge on any atom is -0.283 e. The van der Waals surface area contributed by atoms with Crippen molar-refractivity contribution in [3.63, 3.8) is 0 Å². The van der Waals surface area contributed by atoms with Gasteiger partial charge in [0.05, 0.1) is 12.6 Å². The van der Waals surface area contributed by atoms with Crippen molar-refractivity contribution in [2.24, 2.45) is 0 Å². The van der Waals surface area contributed by atoms with E-state index in [9.17, 15) is 8.78 Å². The van der Waals surface area contributed by atoms with Gasteiger partial charge in [-0.1, -0.05) is 40.2 Å². The van der Waals surface area contributed by atoms with E-state index in [0.29, 0.717) is 24.5 Å². The van der Waals surface area contributed by atoms with E-state index in [2.05, 4.69) is 36.4 Å². The standard InChI is InChI=1S/C17H14BrF2N5/c18-13-5-1-3-11(9-13)16-17-21-22-23-25(17)8-7-24(16)10-12-4-2-6-14(19)15(12)20/h1-6,9,16H,7-8,10H2. The Morgan fingerprint density at radius 1 is 1.12 bits per heavy atom. The highest BCUT2D eigenvalue weighted by Crippen LogP contribution is 2.32. The number of fused-ring (bicyclic) bond motifs is 1. The maximum Gasteiger partial charge on any atom is 0.173 e. The topological polar surface area (TPSA) is 46.8 Å². The van der Waals surface area contributed by atoms with Crippen LogP contribution in [0.4, 0.5) is 8.78 Å². The van der Waals surface area contributed by atoms with Crippen LogP contribution in [0.1, 0.15) is 23.0 Å². The Balaban J connectivity index is 1.74. The molecule has 0 radical (unpaired) electrons. The summed E-state index contributed by atoms with van der Waals surface area (Å²) in [6.07, 6.45) is 0. The van der Waals surface area contributed by atoms with Crippen molar-refractivity contribution in [2.75, 3.05) is 6.54 Å². The van der Waals surface area contributed by atoms with Crippen LogP contribution in [0.5, 0.6) is 0 Å². The van der Waals surface area contributed by atoms with Gasteiger partial charge in [-0.25, -0.2) is 13.5 Å². The first-order valence-electron chi connectivity index (χ1n) is 7.82. The summed E-state index contributed by atoms with van der Waals surface area (Å²) in [6.45, 7) is 1.50. The van der Waals surface area contributed by atoms with Gasteiger partial charge < -0.3 is 0 Å². The maximum absolute atomic E-state index is 14.1. The molecule has 25 heavy (non-hydrogen) atoms. The summed E-state index contributed by atoms with van der Waals surface area (Å²) in [7, 11) is 0. The van der Waals surface area contributed by atoms with E-state index in [-0.39, 0.29) is 12.6 Å². The SMILES string of the molecule is Fc1cccc(CN2CCn3nnnc3C2c2cccc(Br)c2)c1F. The monoisotopic (exact) mass is 405 g/mol. The smallest absolute Gasteiger partial charge is 0.173 e. The number of nitrogens with zero attached hydrogens (tertiary/aromatic N) is 5. The molecule has 8 heteroatoms. The lowest BCUT2D eigenvalue weighted by Gasteiger charge is -2.35. The van der Waals surface area contributed by atoms with E-state index < -0.39 is 11.6 Å². The summed E-state index contributed by atoms with van der Waals surface area (Å²) >= 11 is 3.48. The van der Waals surface area contributed by atoms with Gasteiger partial charge in [-0.05, 0) is 34.2 Å². The van der Waals surface area contributed by atoms with Gasteiger partial charge in [0.15, 0.2) is 17.5 Å². The zero-order valence-electron chi connectivity index (χ0n) is 13.1. The molecule has 2 aromatic carbocycles. The average Bonchev–Trinajstić information content (AvgIpc) is 3.07. The van der Waals surface area contributed by atoms with Gasteiger partial charge in [-0.3, -0.25) is 4.90 Å². The number of hydrogen-bond donors (Lipinski definition) is 0. The average molecular weight is 406 g/mol. The fraction of sp³-hybridized carbons (Fsp3) is 0.235. The maximum atomic E-state index is 14.1. The number of rotatable bonds is 3. The van der Waals surface area contributed by atoms with Crippen molar-refractivity contribution in [2.45, 2.75) is 19.1 Å². The molecular formula is C17H14BrF2N5. The lowest BCUT2D eigenvalue weighted by molar-refractivity contribution is 0.161. The molecule has 1 atom stereocenters. The number of tetrazole rings is 1. The summed E-state index contributed by atoms with van der Waals surface area (Å²) in [5, 5.41) is 11.9. The predicted molar refractivity (Wildman–Crippen MR) is 90.6 cm³/mol. The molecule has 0 aliphatic carbocycles. The Hall–Kier alpha value is -2.19. The van der Waals surface area contributed by atoms with E-state index >= 15 is 0 Å². The quantitative estimate of drug-likeness (QED) is 0.670. The molecular weight excluding hydrogens is 392 g/mol. The molecule has 0 N–H and O–H groups in total. The highest BCUT2D eigenvalue weighted by Gasteiger charge is 2.32. The minimum atomic E-state index is -0.835. The molecule has 0 bridgehead atoms. The first-order valence-corrected chi connectivity index (χ1v) is 8.61. The number of benzene rings is 2. The third kappa shape index (κ3) is 3.07. The lowest BCUT2D eigenvalue weighted by Crippen LogP contribution is -2.39. The zero-order valence-corrected chi connectivity index (χ0v) is 14.7. The molecule has 0 saturated heterocycles. The third-order valence-electron chi connectivity index (χ3n) is 4.34. The van der Waals surface area contributed by atoms with Crippen LogP contribution in [0.15, 0.2) is 46.9 Å². The van der Waals surface area contributed by atoms with Crippen molar-refractivity contribution in [1.82, 2.24) is 25.1 Å². The number of hydrogen-bond acceptors (Lipinski definition) is 4. The van der Waals surface area contributed by atoms with Crippen molar-refractivity contribution in [3.8, 4) is 0 Å². The Kier molecular flexibility index (Phi) is 4.30. The zero-order chi connectivity index (χ0) is 17.4. The molecule has 0 saturated carbocycles. The van der Waals surface area contributed by atoms with Crippen LogP contribution in [0.3, 0.4) is 0 Å². The molecule has 1 aliphatic rings. The largest absolute Gasteiger partial charge is 0.283 e. The Morgan fingerprint density at radius 3 is 2.80 bits per heavy atom. The van der Waals surface area contributed by atoms with Crippen molar-refractivity contribution in [1.29, 1.82) is 0 Å². The van der Waals surface area contributed by atoms with Gasteiger partial charge in [0.25, 0.3) is 0 Å². The summed E-state index contributed by atoms with van der Waals surface area (Å²) in [5.74, 6) is -0.944. The van der Waals surface area contributed by atoms with Gasteiger partial charge in [-0.15, -0.1) is 5.10 Å². The third-order valence-corrected chi connectivity index (χ3v) is 4.83. The molecule has 0 amide bonds. The van der Waals surface area contributed by atoms with Crippen LogP contribution < -0.4 is 0 Å². The van der Waals surface area contributed by atoms with Gasteiger partial charge >= 0.3 is 0 Å². The predicted octanol–water partition coefficient (Wildman–Crippen LogP) is 3.32. The van der Waals surface area contributed by atoms with Crippen LogP contribution in [0, 0.1) is 11.6 Å². The lowest BCUT2D eigenvalue weighted by atomic mass is 10.0. The van der Waals surface area contributed by atoms with Gasteiger partial charge in [0.2, 0.25) is 0 Å². The summed E-state index contributed by atoms with van der Waals surface area (Å²) in [5.41, 5.74) is 1.31. The molecule has 4 rings (SSSR count). The van der Waals surface area contributed by atoms with Crippen molar-refractivity contribution in [3.05, 3.63) is 75.5 Å². The van der Waals surface area contributed by atoms with Crippen molar-refractivity contribution >= 4 is 15.9 Å². The number of aromatic nitrogens is 4. The van der Waals surface area contributed by atoms with Gasteiger partial charge in [0.1, 0.15) is 0 Å². The van der Waals surface area contributed by atoms with Crippen LogP contribution >= 0.6 is 15.9 Å². The van der Waals surface area contributed by atoms with Crippen LogP contribution in [0.25, 0.3) is 0 Å². The Bertz CT molecular complexity index is 914. The highest BCUT2D eigenvalue weighted by atomic mass is 79.9. The normalized spacial score (nSPS) is 17.5. The fourth-order valence-corrected chi connectivity index (χ4v) is 3.60. The molecule has 1 aliphatic heterocycles. The minimum absolute atomic E-state index is 0.232. The second-order valence-electron chi connectivity index (χ2n) is 5.90. The summed E-state index contributed by atoms with van der Waals surface area (Å²) in [6, 6.07) is 11.9. The van der Waals surface area contributed by atoms with Crippen LogP contribution in [0.2, 0.25) is 0 Å². The highest BCUT2D eigenvalue weighted by molar-refractivity contribution is 9.10. The fourth-order valence-electron chi connectivity index (χ4n) is 3.18. The second-order valence-corrected chi connectivity index (χ2v) is 6.82. The van der Waals surface area contributed by atoms with Gasteiger partial charge in [-0.2, -0.15) is 0 Å². The van der Waals surface area contributed by atoms with E-state index in [1.165, 1.54) is 6.07 Å². The first-order chi connectivity index (χ1) is 12.1. The van der Waals surface area contributed by atoms with Crippen LogP contribution in [-0.4, -0.2) is 31.7 Å². The van der Waals surface area contributed by atoms with E-state index in [0.717, 1.165) is 16.1 Å². The van der Waals surface area contributed by atoms with E-state index in [1.54, 1.807) is 10.7 Å². The molecule has 1 aromatic heterocycles. The molecule has 0 fully saturated rings. The molecule has 128 valence electrons. The first kappa shape index (κ1) is 16.3. The summed E-state index contributed by atoms with van der Waals surface area (Å²) in [4.78, 5) is 2.06. The van der Waals surface area contributed by atoms with Crippen molar-refractivity contribution < 1.29 is 8.78 Å². The molecule has 5 nitrogen and oxygen atoms in total. The number of halogens is 3. The molecule has 2 heterocycles. The van der Waals surface area contributed by atoms with Crippen LogP contribution in [-0.2, 0) is 13.1 Å². The van der Waals surface area contributed by atoms with E-state index in [1.807, 2.05) is 24.3 Å². The van der Waals surface area contributed by atoms with Gasteiger partial charge in [0, 0.05) is 23.1 Å². The summed E-state index contributed by atoms with van der Waals surface area (Å²) < 4.78 is 30.4. The second kappa shape index (κ2) is 6.61. The molecule has 3 aromatic rings. The Labute approximate surface area is 151 Å². The molecule has 0 spiro atoms. The molecule has 1 unspecified atom stereocenters. The Morgan fingerprint density at radius 2 is 1.96 bits per heavy atom. The van der Waals surface area contributed by atoms with E-state index in [4.69, 9.17) is 0 Å².